The summed E-state index contributed by atoms with van der Waals surface area (Å²) in [6.07, 6.45) is 6.05. The van der Waals surface area contributed by atoms with E-state index in [1.807, 2.05) is 23.3 Å². The minimum atomic E-state index is 0.0957. The molecular weight excluding hydrogens is 370 g/mol. The molecule has 0 spiro atoms. The van der Waals surface area contributed by atoms with Crippen LogP contribution < -0.4 is 9.80 Å². The van der Waals surface area contributed by atoms with Gasteiger partial charge in [0.2, 0.25) is 5.91 Å². The number of nitrogens with one attached hydrogen (secondary N) is 1. The van der Waals surface area contributed by atoms with Crippen LogP contribution in [0.2, 0.25) is 0 Å². The Morgan fingerprint density at radius 2 is 1.93 bits per heavy atom. The first-order chi connectivity index (χ1) is 13.4. The lowest BCUT2D eigenvalue weighted by Crippen LogP contribution is -3.11. The van der Waals surface area contributed by atoms with Gasteiger partial charge >= 0.3 is 0 Å². The van der Waals surface area contributed by atoms with Crippen molar-refractivity contribution >= 4 is 33.3 Å². The van der Waals surface area contributed by atoms with Gasteiger partial charge in [-0.15, -0.1) is 11.3 Å². The SMILES string of the molecule is CC1CC[NH+](Cc2nc(N(C)CC(=O)N(C)C)c3c4c(sc3n2)CCC4)CC1. The maximum atomic E-state index is 12.3. The Kier molecular flexibility index (Phi) is 5.56. The maximum Gasteiger partial charge on any atom is 0.241 e. The second-order valence-electron chi connectivity index (χ2n) is 8.75. The van der Waals surface area contributed by atoms with Crippen molar-refractivity contribution in [2.75, 3.05) is 45.7 Å². The van der Waals surface area contributed by atoms with Crippen molar-refractivity contribution in [3.8, 4) is 0 Å². The van der Waals surface area contributed by atoms with Gasteiger partial charge in [-0.2, -0.15) is 0 Å². The molecule has 4 rings (SSSR count). The van der Waals surface area contributed by atoms with Gasteiger partial charge in [-0.3, -0.25) is 4.79 Å². The number of carbonyl (C=O) groups excluding carboxylic acids is 1. The minimum Gasteiger partial charge on any atom is -0.350 e. The normalized spacial score (nSPS) is 21.7. The van der Waals surface area contributed by atoms with Crippen LogP contribution in [-0.4, -0.2) is 61.6 Å². The molecule has 1 N–H and O–H groups in total. The Bertz CT molecular complexity index is 869. The number of nitrogens with zero attached hydrogens (tertiary/aromatic N) is 4. The molecular formula is C21H32N5OS+. The number of anilines is 1. The Balaban J connectivity index is 1.67. The van der Waals surface area contributed by atoms with E-state index in [-0.39, 0.29) is 5.91 Å². The van der Waals surface area contributed by atoms with Crippen molar-refractivity contribution in [1.82, 2.24) is 14.9 Å². The lowest BCUT2D eigenvalue weighted by molar-refractivity contribution is -0.920. The number of fused-ring (bicyclic) bond motifs is 3. The topological polar surface area (TPSA) is 53.8 Å². The molecule has 2 aromatic heterocycles. The fraction of sp³-hybridized carbons (Fsp3) is 0.667. The summed E-state index contributed by atoms with van der Waals surface area (Å²) in [4.78, 5) is 30.1. The Hall–Kier alpha value is -1.73. The van der Waals surface area contributed by atoms with Gasteiger partial charge in [-0.25, -0.2) is 9.97 Å². The maximum absolute atomic E-state index is 12.3. The third-order valence-corrected chi connectivity index (χ3v) is 7.40. The number of hydrogen-bond acceptors (Lipinski definition) is 5. The molecule has 1 aliphatic carbocycles. The van der Waals surface area contributed by atoms with Gasteiger partial charge in [-0.1, -0.05) is 6.92 Å². The van der Waals surface area contributed by atoms with Crippen molar-refractivity contribution < 1.29 is 9.69 Å². The number of amides is 1. The highest BCUT2D eigenvalue weighted by Crippen LogP contribution is 2.40. The summed E-state index contributed by atoms with van der Waals surface area (Å²) in [6.45, 7) is 5.98. The number of likely N-dealkylation sites (tertiary alicyclic amines) is 1. The van der Waals surface area contributed by atoms with E-state index >= 15 is 0 Å². The third-order valence-electron chi connectivity index (χ3n) is 6.21. The average Bonchev–Trinajstić information content (AvgIpc) is 3.23. The fourth-order valence-electron chi connectivity index (χ4n) is 4.36. The molecule has 0 unspecified atom stereocenters. The van der Waals surface area contributed by atoms with Gasteiger partial charge in [0, 0.05) is 26.0 Å². The van der Waals surface area contributed by atoms with E-state index < -0.39 is 0 Å². The predicted octanol–water partition coefficient (Wildman–Crippen LogP) is 1.52. The molecule has 6 nitrogen and oxygen atoms in total. The van der Waals surface area contributed by atoms with Crippen LogP contribution in [0, 0.1) is 5.92 Å². The molecule has 0 atom stereocenters. The van der Waals surface area contributed by atoms with Crippen LogP contribution in [0.1, 0.15) is 42.5 Å². The molecule has 0 bridgehead atoms. The fourth-order valence-corrected chi connectivity index (χ4v) is 5.64. The van der Waals surface area contributed by atoms with Crippen molar-refractivity contribution in [2.45, 2.75) is 45.6 Å². The van der Waals surface area contributed by atoms with E-state index in [9.17, 15) is 4.79 Å². The van der Waals surface area contributed by atoms with Gasteiger partial charge < -0.3 is 14.7 Å². The minimum absolute atomic E-state index is 0.0957. The first-order valence-electron chi connectivity index (χ1n) is 10.5. The van der Waals surface area contributed by atoms with E-state index in [1.54, 1.807) is 23.9 Å². The third kappa shape index (κ3) is 3.87. The zero-order valence-electron chi connectivity index (χ0n) is 17.5. The number of piperidine rings is 1. The summed E-state index contributed by atoms with van der Waals surface area (Å²) < 4.78 is 0. The molecule has 7 heteroatoms. The van der Waals surface area contributed by atoms with Gasteiger partial charge in [0.25, 0.3) is 0 Å². The summed E-state index contributed by atoms with van der Waals surface area (Å²) in [5.41, 5.74) is 1.42. The number of carbonyl (C=O) groups is 1. The van der Waals surface area contributed by atoms with Gasteiger partial charge in [0.1, 0.15) is 17.2 Å². The van der Waals surface area contributed by atoms with Crippen LogP contribution in [0.25, 0.3) is 10.2 Å². The van der Waals surface area contributed by atoms with E-state index in [0.29, 0.717) is 6.54 Å². The summed E-state index contributed by atoms with van der Waals surface area (Å²) in [5.74, 6) is 2.81. The van der Waals surface area contributed by atoms with E-state index in [1.165, 1.54) is 48.2 Å². The number of thiophene rings is 1. The lowest BCUT2D eigenvalue weighted by Gasteiger charge is -2.27. The number of likely N-dealkylation sites (N-methyl/N-ethyl adjacent to an activating group) is 2. The molecule has 0 radical (unpaired) electrons. The first-order valence-corrected chi connectivity index (χ1v) is 11.3. The number of quaternary nitrogens is 1. The lowest BCUT2D eigenvalue weighted by atomic mass is 9.99. The second kappa shape index (κ2) is 7.95. The van der Waals surface area contributed by atoms with E-state index in [2.05, 4.69) is 6.92 Å². The highest BCUT2D eigenvalue weighted by molar-refractivity contribution is 7.19. The number of hydrogen-bond donors (Lipinski definition) is 1. The van der Waals surface area contributed by atoms with Crippen molar-refractivity contribution in [1.29, 1.82) is 0 Å². The summed E-state index contributed by atoms with van der Waals surface area (Å²) in [6, 6.07) is 0. The van der Waals surface area contributed by atoms with Gasteiger partial charge in [0.05, 0.1) is 25.0 Å². The first kappa shape index (κ1) is 19.6. The predicted molar refractivity (Wildman–Crippen MR) is 114 cm³/mol. The van der Waals surface area contributed by atoms with Crippen LogP contribution in [0.3, 0.4) is 0 Å². The molecule has 152 valence electrons. The van der Waals surface area contributed by atoms with Gasteiger partial charge in [-0.05, 0) is 43.6 Å². The molecule has 1 aliphatic heterocycles. The van der Waals surface area contributed by atoms with Crippen LogP contribution in [-0.2, 0) is 24.2 Å². The number of aryl methyl sites for hydroxylation is 2. The summed E-state index contributed by atoms with van der Waals surface area (Å²) >= 11 is 1.84. The molecule has 3 heterocycles. The monoisotopic (exact) mass is 402 g/mol. The van der Waals surface area contributed by atoms with E-state index in [4.69, 9.17) is 9.97 Å². The van der Waals surface area contributed by atoms with Crippen LogP contribution in [0.4, 0.5) is 5.82 Å². The summed E-state index contributed by atoms with van der Waals surface area (Å²) in [5, 5.41) is 1.19. The van der Waals surface area contributed by atoms with Crippen LogP contribution in [0.15, 0.2) is 0 Å². The zero-order chi connectivity index (χ0) is 19.8. The Morgan fingerprint density at radius 1 is 1.18 bits per heavy atom. The molecule has 1 fully saturated rings. The van der Waals surface area contributed by atoms with Crippen LogP contribution in [0.5, 0.6) is 0 Å². The largest absolute Gasteiger partial charge is 0.350 e. The molecule has 2 aliphatic rings. The molecule has 0 aromatic carbocycles. The molecule has 28 heavy (non-hydrogen) atoms. The Labute approximate surface area is 171 Å². The van der Waals surface area contributed by atoms with Crippen molar-refractivity contribution in [3.63, 3.8) is 0 Å². The molecule has 2 aromatic rings. The molecule has 0 saturated carbocycles. The second-order valence-corrected chi connectivity index (χ2v) is 9.84. The highest BCUT2D eigenvalue weighted by Gasteiger charge is 2.26. The smallest absolute Gasteiger partial charge is 0.241 e. The zero-order valence-corrected chi connectivity index (χ0v) is 18.4. The quantitative estimate of drug-likeness (QED) is 0.824. The van der Waals surface area contributed by atoms with Gasteiger partial charge in [0.15, 0.2) is 5.82 Å². The molecule has 1 amide bonds. The number of aromatic nitrogens is 2. The van der Waals surface area contributed by atoms with Crippen LogP contribution >= 0.6 is 11.3 Å². The standard InChI is InChI=1S/C21H31N5OS/c1-14-8-10-26(11-9-14)12-17-22-20(25(4)13-18(27)24(2)3)19-15-6-5-7-16(15)28-21(19)23-17/h14H,5-13H2,1-4H3/p+1. The highest BCUT2D eigenvalue weighted by atomic mass is 32.1. The van der Waals surface area contributed by atoms with Crippen molar-refractivity contribution in [2.24, 2.45) is 5.92 Å². The average molecular weight is 403 g/mol. The van der Waals surface area contributed by atoms with E-state index in [0.717, 1.165) is 41.8 Å². The Morgan fingerprint density at radius 3 is 2.64 bits per heavy atom. The summed E-state index contributed by atoms with van der Waals surface area (Å²) in [7, 11) is 5.60. The molecule has 1 saturated heterocycles. The van der Waals surface area contributed by atoms with Crippen molar-refractivity contribution in [3.05, 3.63) is 16.3 Å². The number of rotatable bonds is 5.